The Bertz CT molecular complexity index is 989. The molecule has 0 unspecified atom stereocenters. The predicted molar refractivity (Wildman–Crippen MR) is 110 cm³/mol. The van der Waals surface area contributed by atoms with Crippen LogP contribution in [-0.2, 0) is 9.53 Å². The molecule has 1 aromatic heterocycles. The number of amides is 1. The molecule has 3 aromatic rings. The molecule has 28 heavy (non-hydrogen) atoms. The van der Waals surface area contributed by atoms with E-state index in [-0.39, 0.29) is 18.5 Å². The van der Waals surface area contributed by atoms with Crippen molar-refractivity contribution in [1.29, 1.82) is 0 Å². The lowest BCUT2D eigenvalue weighted by Gasteiger charge is -2.06. The van der Waals surface area contributed by atoms with Crippen molar-refractivity contribution < 1.29 is 19.1 Å². The first-order valence-corrected chi connectivity index (χ1v) is 10.0. The van der Waals surface area contributed by atoms with E-state index >= 15 is 0 Å². The Balaban J connectivity index is 1.61. The molecule has 8 heteroatoms. The van der Waals surface area contributed by atoms with Gasteiger partial charge in [-0.3, -0.25) is 10.1 Å². The van der Waals surface area contributed by atoms with Gasteiger partial charge in [-0.15, -0.1) is 0 Å². The number of hydrogen-bond acceptors (Lipinski definition) is 6. The van der Waals surface area contributed by atoms with Gasteiger partial charge in [0.25, 0.3) is 5.91 Å². The summed E-state index contributed by atoms with van der Waals surface area (Å²) >= 11 is 7.27. The monoisotopic (exact) mass is 418 g/mol. The fourth-order valence-electron chi connectivity index (χ4n) is 2.36. The Morgan fingerprint density at radius 3 is 2.82 bits per heavy atom. The van der Waals surface area contributed by atoms with Crippen LogP contribution >= 0.6 is 22.9 Å². The van der Waals surface area contributed by atoms with Crippen molar-refractivity contribution in [2.24, 2.45) is 0 Å². The molecule has 2 aromatic carbocycles. The Morgan fingerprint density at radius 1 is 1.21 bits per heavy atom. The largest absolute Gasteiger partial charge is 0.482 e. The zero-order chi connectivity index (χ0) is 19.9. The molecule has 0 spiro atoms. The van der Waals surface area contributed by atoms with Crippen molar-refractivity contribution >= 4 is 50.2 Å². The Labute approximate surface area is 171 Å². The quantitative estimate of drug-likeness (QED) is 0.414. The fourth-order valence-corrected chi connectivity index (χ4v) is 3.47. The number of nitrogens with one attached hydrogen (secondary N) is 1. The molecule has 0 aliphatic rings. The second kappa shape index (κ2) is 9.52. The zero-order valence-electron chi connectivity index (χ0n) is 15.2. The lowest BCUT2D eigenvalue weighted by molar-refractivity contribution is -0.118. The van der Waals surface area contributed by atoms with Gasteiger partial charge >= 0.3 is 5.97 Å². The van der Waals surface area contributed by atoms with E-state index in [0.717, 1.165) is 17.5 Å². The van der Waals surface area contributed by atoms with Crippen LogP contribution in [-0.4, -0.2) is 30.1 Å². The van der Waals surface area contributed by atoms with E-state index in [9.17, 15) is 9.59 Å². The van der Waals surface area contributed by atoms with E-state index in [1.807, 2.05) is 6.92 Å². The van der Waals surface area contributed by atoms with Crippen LogP contribution in [0.4, 0.5) is 5.13 Å². The second-order valence-corrected chi connectivity index (χ2v) is 7.40. The molecule has 0 saturated heterocycles. The number of carbonyl (C=O) groups is 2. The van der Waals surface area contributed by atoms with Gasteiger partial charge in [-0.05, 0) is 36.8 Å². The van der Waals surface area contributed by atoms with Gasteiger partial charge in [0, 0.05) is 0 Å². The van der Waals surface area contributed by atoms with Crippen molar-refractivity contribution in [3.8, 4) is 5.75 Å². The molecule has 0 fully saturated rings. The number of nitrogens with zero attached hydrogens (tertiary/aromatic N) is 1. The van der Waals surface area contributed by atoms with Crippen molar-refractivity contribution in [2.45, 2.75) is 19.8 Å². The van der Waals surface area contributed by atoms with E-state index in [2.05, 4.69) is 10.3 Å². The van der Waals surface area contributed by atoms with Crippen LogP contribution in [0.25, 0.3) is 10.2 Å². The minimum Gasteiger partial charge on any atom is -0.482 e. The molecule has 146 valence electrons. The number of unbranched alkanes of at least 4 members (excludes halogenated alkanes) is 1. The number of hydrogen-bond donors (Lipinski definition) is 1. The summed E-state index contributed by atoms with van der Waals surface area (Å²) in [7, 11) is 0. The van der Waals surface area contributed by atoms with Gasteiger partial charge < -0.3 is 9.47 Å². The first-order chi connectivity index (χ1) is 13.6. The number of carbonyl (C=O) groups excluding carboxylic acids is 2. The molecule has 1 heterocycles. The summed E-state index contributed by atoms with van der Waals surface area (Å²) in [5, 5.41) is 3.56. The average Bonchev–Trinajstić information content (AvgIpc) is 3.08. The van der Waals surface area contributed by atoms with E-state index in [4.69, 9.17) is 21.1 Å². The van der Waals surface area contributed by atoms with Gasteiger partial charge in [-0.2, -0.15) is 0 Å². The number of benzene rings is 2. The first-order valence-electron chi connectivity index (χ1n) is 8.81. The number of ether oxygens (including phenoxy) is 2. The molecular formula is C20H19ClN2O4S. The summed E-state index contributed by atoms with van der Waals surface area (Å²) < 4.78 is 11.4. The molecule has 0 bridgehead atoms. The van der Waals surface area contributed by atoms with E-state index in [1.165, 1.54) is 11.3 Å². The van der Waals surface area contributed by atoms with E-state index in [1.54, 1.807) is 42.5 Å². The third-order valence-electron chi connectivity index (χ3n) is 3.80. The van der Waals surface area contributed by atoms with Crippen molar-refractivity contribution in [3.63, 3.8) is 0 Å². The maximum Gasteiger partial charge on any atom is 0.338 e. The zero-order valence-corrected chi connectivity index (χ0v) is 16.8. The summed E-state index contributed by atoms with van der Waals surface area (Å²) in [6.07, 6.45) is 1.80. The minimum atomic E-state index is -0.359. The molecule has 0 atom stereocenters. The standard InChI is InChI=1S/C20H19ClN2O4S/c1-2-3-10-26-19(25)13-8-9-15-17(11-13)28-20(22-15)23-18(24)12-27-16-7-5-4-6-14(16)21/h4-9,11H,2-3,10,12H2,1H3,(H,22,23,24). The van der Waals surface area contributed by atoms with E-state index < -0.39 is 0 Å². The number of para-hydroxylation sites is 1. The van der Waals surface area contributed by atoms with Crippen LogP contribution in [0.5, 0.6) is 5.75 Å². The molecule has 1 amide bonds. The summed E-state index contributed by atoms with van der Waals surface area (Å²) in [6, 6.07) is 12.1. The van der Waals surface area contributed by atoms with Gasteiger partial charge in [-0.1, -0.05) is 48.4 Å². The highest BCUT2D eigenvalue weighted by molar-refractivity contribution is 7.22. The predicted octanol–water partition coefficient (Wildman–Crippen LogP) is 4.92. The molecule has 0 aliphatic heterocycles. The number of aromatic nitrogens is 1. The van der Waals surface area contributed by atoms with Crippen LogP contribution in [0.15, 0.2) is 42.5 Å². The maximum absolute atomic E-state index is 12.1. The number of rotatable bonds is 8. The number of thiazole rings is 1. The topological polar surface area (TPSA) is 77.5 Å². The Kier molecular flexibility index (Phi) is 6.84. The van der Waals surface area contributed by atoms with Crippen LogP contribution in [0, 0.1) is 0 Å². The number of esters is 1. The summed E-state index contributed by atoms with van der Waals surface area (Å²) in [5.74, 6) is -0.268. The van der Waals surface area contributed by atoms with Crippen LogP contribution < -0.4 is 10.1 Å². The molecule has 6 nitrogen and oxygen atoms in total. The smallest absolute Gasteiger partial charge is 0.338 e. The summed E-state index contributed by atoms with van der Waals surface area (Å²) in [4.78, 5) is 28.5. The molecule has 0 saturated carbocycles. The van der Waals surface area contributed by atoms with Gasteiger partial charge in [-0.25, -0.2) is 9.78 Å². The highest BCUT2D eigenvalue weighted by Crippen LogP contribution is 2.27. The summed E-state index contributed by atoms with van der Waals surface area (Å²) in [5.41, 5.74) is 1.16. The number of fused-ring (bicyclic) bond motifs is 1. The fraction of sp³-hybridized carbons (Fsp3) is 0.250. The molecule has 0 radical (unpaired) electrons. The molecule has 0 aliphatic carbocycles. The third kappa shape index (κ3) is 5.21. The highest BCUT2D eigenvalue weighted by atomic mass is 35.5. The van der Waals surface area contributed by atoms with E-state index in [0.29, 0.717) is 33.6 Å². The van der Waals surface area contributed by atoms with Gasteiger partial charge in [0.05, 0.1) is 27.4 Å². The Hall–Kier alpha value is -2.64. The minimum absolute atomic E-state index is 0.186. The molecule has 3 rings (SSSR count). The maximum atomic E-state index is 12.1. The van der Waals surface area contributed by atoms with Crippen molar-refractivity contribution in [1.82, 2.24) is 4.98 Å². The normalized spacial score (nSPS) is 10.6. The third-order valence-corrected chi connectivity index (χ3v) is 5.04. The number of anilines is 1. The van der Waals surface area contributed by atoms with Gasteiger partial charge in [0.1, 0.15) is 5.75 Å². The van der Waals surface area contributed by atoms with Crippen molar-refractivity contribution in [3.05, 3.63) is 53.1 Å². The Morgan fingerprint density at radius 2 is 2.04 bits per heavy atom. The van der Waals surface area contributed by atoms with Crippen molar-refractivity contribution in [2.75, 3.05) is 18.5 Å². The van der Waals surface area contributed by atoms with Crippen LogP contribution in [0.1, 0.15) is 30.1 Å². The molecular weight excluding hydrogens is 400 g/mol. The lowest BCUT2D eigenvalue weighted by Crippen LogP contribution is -2.20. The number of halogens is 1. The highest BCUT2D eigenvalue weighted by Gasteiger charge is 2.13. The van der Waals surface area contributed by atoms with Gasteiger partial charge in [0.2, 0.25) is 0 Å². The van der Waals surface area contributed by atoms with Crippen LogP contribution in [0.2, 0.25) is 5.02 Å². The molecule has 1 N–H and O–H groups in total. The second-order valence-electron chi connectivity index (χ2n) is 5.96. The lowest BCUT2D eigenvalue weighted by atomic mass is 10.2. The van der Waals surface area contributed by atoms with Crippen LogP contribution in [0.3, 0.4) is 0 Å². The van der Waals surface area contributed by atoms with Gasteiger partial charge in [0.15, 0.2) is 11.7 Å². The first kappa shape index (κ1) is 20.1. The SMILES string of the molecule is CCCCOC(=O)c1ccc2nc(NC(=O)COc3ccccc3Cl)sc2c1. The summed E-state index contributed by atoms with van der Waals surface area (Å²) in [6.45, 7) is 2.25. The average molecular weight is 419 g/mol.